The van der Waals surface area contributed by atoms with Gasteiger partial charge in [-0.05, 0) is 42.7 Å². The Morgan fingerprint density at radius 3 is 2.34 bits per heavy atom. The summed E-state index contributed by atoms with van der Waals surface area (Å²) in [7, 11) is 0. The molecule has 0 aliphatic carbocycles. The molecule has 29 heavy (non-hydrogen) atoms. The standard InChI is InChI=1S/C21H20F3N3O2/c1-3-13-9-11-14(12-10-13)25-19(28)16(4-2)27-17-8-6-5-7-15(17)26-18(20(27)29)21(22,23)24/h5-12,16H,3-4H2,1-2H3,(H,25,28)/t16-/m1/s1. The molecule has 0 unspecified atom stereocenters. The number of para-hydroxylation sites is 2. The van der Waals surface area contributed by atoms with Crippen molar-refractivity contribution in [2.24, 2.45) is 0 Å². The van der Waals surface area contributed by atoms with Gasteiger partial charge < -0.3 is 5.32 Å². The molecule has 0 aliphatic rings. The number of rotatable bonds is 5. The van der Waals surface area contributed by atoms with E-state index in [1.165, 1.54) is 18.2 Å². The lowest BCUT2D eigenvalue weighted by atomic mass is 10.1. The second-order valence-corrected chi connectivity index (χ2v) is 6.59. The van der Waals surface area contributed by atoms with Gasteiger partial charge in [0, 0.05) is 5.69 Å². The van der Waals surface area contributed by atoms with Gasteiger partial charge in [0.1, 0.15) is 6.04 Å². The van der Waals surface area contributed by atoms with Gasteiger partial charge in [0.25, 0.3) is 5.56 Å². The Morgan fingerprint density at radius 2 is 1.76 bits per heavy atom. The maximum Gasteiger partial charge on any atom is 0.438 e. The normalized spacial score (nSPS) is 12.7. The molecule has 8 heteroatoms. The molecule has 0 bridgehead atoms. The Labute approximate surface area is 165 Å². The van der Waals surface area contributed by atoms with Crippen LogP contribution < -0.4 is 10.9 Å². The zero-order valence-electron chi connectivity index (χ0n) is 16.0. The first kappa shape index (κ1) is 20.6. The molecule has 1 heterocycles. The number of carbonyl (C=O) groups excluding carboxylic acids is 1. The Balaban J connectivity index is 2.09. The summed E-state index contributed by atoms with van der Waals surface area (Å²) in [6.07, 6.45) is -3.96. The van der Waals surface area contributed by atoms with Gasteiger partial charge in [0.05, 0.1) is 11.0 Å². The maximum atomic E-state index is 13.4. The highest BCUT2D eigenvalue weighted by molar-refractivity contribution is 5.94. The van der Waals surface area contributed by atoms with Crippen LogP contribution in [0.3, 0.4) is 0 Å². The Bertz CT molecular complexity index is 1090. The average Bonchev–Trinajstić information content (AvgIpc) is 2.69. The van der Waals surface area contributed by atoms with E-state index in [2.05, 4.69) is 10.3 Å². The Hall–Kier alpha value is -3.16. The summed E-state index contributed by atoms with van der Waals surface area (Å²) in [5, 5.41) is 2.69. The van der Waals surface area contributed by atoms with E-state index >= 15 is 0 Å². The molecule has 0 saturated heterocycles. The van der Waals surface area contributed by atoms with Crippen molar-refractivity contribution >= 4 is 22.6 Å². The van der Waals surface area contributed by atoms with Gasteiger partial charge in [-0.1, -0.05) is 38.1 Å². The van der Waals surface area contributed by atoms with Crippen molar-refractivity contribution in [1.82, 2.24) is 9.55 Å². The molecule has 1 N–H and O–H groups in total. The van der Waals surface area contributed by atoms with Crippen LogP contribution in [0.2, 0.25) is 0 Å². The third-order valence-corrected chi connectivity index (χ3v) is 4.69. The quantitative estimate of drug-likeness (QED) is 0.679. The fraction of sp³-hybridized carbons (Fsp3) is 0.286. The monoisotopic (exact) mass is 403 g/mol. The molecule has 0 saturated carbocycles. The molecule has 0 fully saturated rings. The van der Waals surface area contributed by atoms with Crippen LogP contribution in [-0.4, -0.2) is 15.5 Å². The summed E-state index contributed by atoms with van der Waals surface area (Å²) < 4.78 is 41.0. The third-order valence-electron chi connectivity index (χ3n) is 4.69. The molecule has 1 aromatic heterocycles. The van der Waals surface area contributed by atoms with E-state index in [1.807, 2.05) is 19.1 Å². The summed E-state index contributed by atoms with van der Waals surface area (Å²) in [5.41, 5.74) is -1.10. The molecular formula is C21H20F3N3O2. The molecule has 2 aromatic carbocycles. The molecule has 0 spiro atoms. The van der Waals surface area contributed by atoms with E-state index in [4.69, 9.17) is 0 Å². The van der Waals surface area contributed by atoms with E-state index in [0.29, 0.717) is 5.69 Å². The molecule has 3 aromatic rings. The van der Waals surface area contributed by atoms with Crippen LogP contribution >= 0.6 is 0 Å². The van der Waals surface area contributed by atoms with Crippen molar-refractivity contribution in [2.45, 2.75) is 38.9 Å². The van der Waals surface area contributed by atoms with E-state index in [0.717, 1.165) is 16.6 Å². The van der Waals surface area contributed by atoms with Crippen molar-refractivity contribution < 1.29 is 18.0 Å². The lowest BCUT2D eigenvalue weighted by Crippen LogP contribution is -2.37. The number of nitrogens with one attached hydrogen (secondary N) is 1. The second kappa shape index (κ2) is 8.06. The zero-order valence-corrected chi connectivity index (χ0v) is 16.0. The SMILES string of the molecule is CCc1ccc(NC(=O)[C@@H](CC)n2c(=O)c(C(F)(F)F)nc3ccccc32)cc1. The third kappa shape index (κ3) is 4.16. The number of hydrogen-bond acceptors (Lipinski definition) is 3. The maximum absolute atomic E-state index is 13.4. The van der Waals surface area contributed by atoms with Crippen molar-refractivity contribution in [3.63, 3.8) is 0 Å². The van der Waals surface area contributed by atoms with E-state index in [-0.39, 0.29) is 17.5 Å². The first-order valence-corrected chi connectivity index (χ1v) is 9.24. The van der Waals surface area contributed by atoms with Gasteiger partial charge in [-0.25, -0.2) is 4.98 Å². The smallest absolute Gasteiger partial charge is 0.324 e. The van der Waals surface area contributed by atoms with Crippen molar-refractivity contribution in [3.8, 4) is 0 Å². The van der Waals surface area contributed by atoms with E-state index in [9.17, 15) is 22.8 Å². The van der Waals surface area contributed by atoms with Crippen molar-refractivity contribution in [2.75, 3.05) is 5.32 Å². The van der Waals surface area contributed by atoms with Gasteiger partial charge in [0.2, 0.25) is 11.6 Å². The summed E-state index contributed by atoms with van der Waals surface area (Å²) >= 11 is 0. The number of carbonyl (C=O) groups is 1. The molecule has 5 nitrogen and oxygen atoms in total. The van der Waals surface area contributed by atoms with Crippen LogP contribution in [0.25, 0.3) is 11.0 Å². The van der Waals surface area contributed by atoms with Crippen LogP contribution in [-0.2, 0) is 17.4 Å². The van der Waals surface area contributed by atoms with Crippen LogP contribution in [0.15, 0.2) is 53.3 Å². The average molecular weight is 403 g/mol. The van der Waals surface area contributed by atoms with E-state index in [1.54, 1.807) is 25.1 Å². The van der Waals surface area contributed by atoms with Crippen LogP contribution in [0, 0.1) is 0 Å². The van der Waals surface area contributed by atoms with Gasteiger partial charge in [-0.15, -0.1) is 0 Å². The number of fused-ring (bicyclic) bond motifs is 1. The summed E-state index contributed by atoms with van der Waals surface area (Å²) in [4.78, 5) is 29.0. The van der Waals surface area contributed by atoms with Crippen LogP contribution in [0.4, 0.5) is 18.9 Å². The minimum atomic E-state index is -4.92. The Morgan fingerprint density at radius 1 is 1.10 bits per heavy atom. The number of amides is 1. The largest absolute Gasteiger partial charge is 0.438 e. The Kier molecular flexibility index (Phi) is 5.72. The number of halogens is 3. The molecular weight excluding hydrogens is 383 g/mol. The van der Waals surface area contributed by atoms with Crippen molar-refractivity contribution in [1.29, 1.82) is 0 Å². The predicted molar refractivity (Wildman–Crippen MR) is 105 cm³/mol. The zero-order chi connectivity index (χ0) is 21.2. The number of benzene rings is 2. The topological polar surface area (TPSA) is 64.0 Å². The first-order valence-electron chi connectivity index (χ1n) is 9.24. The second-order valence-electron chi connectivity index (χ2n) is 6.59. The van der Waals surface area contributed by atoms with Crippen molar-refractivity contribution in [3.05, 3.63) is 70.1 Å². The minimum absolute atomic E-state index is 0.00188. The molecule has 152 valence electrons. The van der Waals surface area contributed by atoms with Gasteiger partial charge >= 0.3 is 6.18 Å². The number of nitrogens with zero attached hydrogens (tertiary/aromatic N) is 2. The number of hydrogen-bond donors (Lipinski definition) is 1. The summed E-state index contributed by atoms with van der Waals surface area (Å²) in [6, 6.07) is 12.0. The van der Waals surface area contributed by atoms with Gasteiger partial charge in [-0.3, -0.25) is 14.2 Å². The van der Waals surface area contributed by atoms with E-state index < -0.39 is 29.4 Å². The highest BCUT2D eigenvalue weighted by Crippen LogP contribution is 2.28. The lowest BCUT2D eigenvalue weighted by molar-refractivity contribution is -0.142. The number of aryl methyl sites for hydroxylation is 1. The van der Waals surface area contributed by atoms with Crippen LogP contribution in [0.5, 0.6) is 0 Å². The number of alkyl halides is 3. The number of anilines is 1. The highest BCUT2D eigenvalue weighted by atomic mass is 19.4. The van der Waals surface area contributed by atoms with Gasteiger partial charge in [-0.2, -0.15) is 13.2 Å². The lowest BCUT2D eigenvalue weighted by Gasteiger charge is -2.21. The summed E-state index contributed by atoms with van der Waals surface area (Å²) in [5.74, 6) is -0.566. The molecule has 1 atom stereocenters. The first-order chi connectivity index (χ1) is 13.8. The molecule has 3 rings (SSSR count). The van der Waals surface area contributed by atoms with Crippen LogP contribution in [0.1, 0.15) is 37.6 Å². The fourth-order valence-electron chi connectivity index (χ4n) is 3.18. The predicted octanol–water partition coefficient (Wildman–Crippen LogP) is 4.57. The fourth-order valence-corrected chi connectivity index (χ4v) is 3.18. The molecule has 0 radical (unpaired) electrons. The highest BCUT2D eigenvalue weighted by Gasteiger charge is 2.38. The molecule has 1 amide bonds. The number of aromatic nitrogens is 2. The molecule has 0 aliphatic heterocycles. The minimum Gasteiger partial charge on any atom is -0.324 e. The summed E-state index contributed by atoms with van der Waals surface area (Å²) in [6.45, 7) is 3.64. The van der Waals surface area contributed by atoms with Gasteiger partial charge in [0.15, 0.2) is 0 Å².